The van der Waals surface area contributed by atoms with Crippen molar-refractivity contribution in [1.82, 2.24) is 5.32 Å². The SMILES string of the molecule is CNC(c1cccc(C)c1)c1cc2ccc(F)cc2s1. The van der Waals surface area contributed by atoms with E-state index in [9.17, 15) is 4.39 Å². The fourth-order valence-electron chi connectivity index (χ4n) is 2.49. The molecule has 0 amide bonds. The van der Waals surface area contributed by atoms with Crippen molar-refractivity contribution in [1.29, 1.82) is 0 Å². The second-order valence-corrected chi connectivity index (χ2v) is 6.08. The van der Waals surface area contributed by atoms with E-state index in [0.717, 1.165) is 10.1 Å². The zero-order valence-corrected chi connectivity index (χ0v) is 12.3. The summed E-state index contributed by atoms with van der Waals surface area (Å²) in [5, 5.41) is 4.45. The minimum atomic E-state index is -0.178. The van der Waals surface area contributed by atoms with Gasteiger partial charge in [0.05, 0.1) is 6.04 Å². The summed E-state index contributed by atoms with van der Waals surface area (Å²) in [6.45, 7) is 2.09. The van der Waals surface area contributed by atoms with Crippen LogP contribution in [0.15, 0.2) is 48.5 Å². The predicted molar refractivity (Wildman–Crippen MR) is 83.9 cm³/mol. The van der Waals surface area contributed by atoms with Gasteiger partial charge in [0.2, 0.25) is 0 Å². The van der Waals surface area contributed by atoms with Gasteiger partial charge in [-0.25, -0.2) is 4.39 Å². The average molecular weight is 285 g/mol. The van der Waals surface area contributed by atoms with Crippen molar-refractivity contribution < 1.29 is 4.39 Å². The third kappa shape index (κ3) is 2.47. The first-order chi connectivity index (χ1) is 9.67. The van der Waals surface area contributed by atoms with Crippen LogP contribution in [0.25, 0.3) is 10.1 Å². The van der Waals surface area contributed by atoms with Crippen LogP contribution in [0.2, 0.25) is 0 Å². The quantitative estimate of drug-likeness (QED) is 0.738. The molecule has 1 heterocycles. The molecule has 0 bridgehead atoms. The van der Waals surface area contributed by atoms with E-state index in [0.29, 0.717) is 0 Å². The second-order valence-electron chi connectivity index (χ2n) is 4.97. The first kappa shape index (κ1) is 13.3. The number of rotatable bonds is 3. The molecule has 0 radical (unpaired) electrons. The molecule has 0 fully saturated rings. The van der Waals surface area contributed by atoms with Crippen LogP contribution in [0.1, 0.15) is 22.0 Å². The topological polar surface area (TPSA) is 12.0 Å². The highest BCUT2D eigenvalue weighted by Crippen LogP contribution is 2.33. The Labute approximate surface area is 122 Å². The summed E-state index contributed by atoms with van der Waals surface area (Å²) < 4.78 is 14.3. The van der Waals surface area contributed by atoms with Gasteiger partial charge in [0.15, 0.2) is 0 Å². The normalized spacial score (nSPS) is 12.8. The lowest BCUT2D eigenvalue weighted by Crippen LogP contribution is -2.16. The Kier molecular flexibility index (Phi) is 3.55. The summed E-state index contributed by atoms with van der Waals surface area (Å²) in [6, 6.07) is 15.7. The van der Waals surface area contributed by atoms with Gasteiger partial charge in [-0.05, 0) is 43.1 Å². The van der Waals surface area contributed by atoms with E-state index in [1.54, 1.807) is 17.4 Å². The van der Waals surface area contributed by atoms with Crippen LogP contribution in [0.3, 0.4) is 0 Å². The van der Waals surface area contributed by atoms with Gasteiger partial charge in [-0.1, -0.05) is 35.9 Å². The van der Waals surface area contributed by atoms with E-state index < -0.39 is 0 Å². The summed E-state index contributed by atoms with van der Waals surface area (Å²) in [5.74, 6) is -0.178. The van der Waals surface area contributed by atoms with Crippen LogP contribution >= 0.6 is 11.3 Å². The largest absolute Gasteiger partial charge is 0.309 e. The molecule has 3 heteroatoms. The minimum absolute atomic E-state index is 0.148. The highest BCUT2D eigenvalue weighted by atomic mass is 32.1. The highest BCUT2D eigenvalue weighted by Gasteiger charge is 2.15. The second kappa shape index (κ2) is 5.35. The molecule has 0 spiro atoms. The lowest BCUT2D eigenvalue weighted by atomic mass is 10.0. The summed E-state index contributed by atoms with van der Waals surface area (Å²) in [4.78, 5) is 1.21. The highest BCUT2D eigenvalue weighted by molar-refractivity contribution is 7.19. The third-order valence-corrected chi connectivity index (χ3v) is 4.61. The summed E-state index contributed by atoms with van der Waals surface area (Å²) >= 11 is 1.64. The molecule has 1 unspecified atom stereocenters. The van der Waals surface area contributed by atoms with E-state index in [1.807, 2.05) is 13.1 Å². The van der Waals surface area contributed by atoms with Crippen molar-refractivity contribution in [2.24, 2.45) is 0 Å². The Morgan fingerprint density at radius 1 is 1.10 bits per heavy atom. The van der Waals surface area contributed by atoms with Gasteiger partial charge < -0.3 is 5.32 Å². The molecular formula is C17H16FNS. The van der Waals surface area contributed by atoms with Gasteiger partial charge in [-0.15, -0.1) is 11.3 Å². The summed E-state index contributed by atoms with van der Waals surface area (Å²) in [7, 11) is 1.96. The molecule has 0 aliphatic rings. The number of hydrogen-bond acceptors (Lipinski definition) is 2. The third-order valence-electron chi connectivity index (χ3n) is 3.45. The van der Waals surface area contributed by atoms with E-state index in [2.05, 4.69) is 42.6 Å². The zero-order valence-electron chi connectivity index (χ0n) is 11.5. The smallest absolute Gasteiger partial charge is 0.124 e. The molecule has 20 heavy (non-hydrogen) atoms. The molecule has 0 aliphatic carbocycles. The predicted octanol–water partition coefficient (Wildman–Crippen LogP) is 4.66. The number of hydrogen-bond donors (Lipinski definition) is 1. The van der Waals surface area contributed by atoms with E-state index in [4.69, 9.17) is 0 Å². The molecule has 1 nitrogen and oxygen atoms in total. The molecule has 1 atom stereocenters. The van der Waals surface area contributed by atoms with Crippen LogP contribution in [-0.4, -0.2) is 7.05 Å². The Hall–Kier alpha value is -1.71. The van der Waals surface area contributed by atoms with E-state index in [-0.39, 0.29) is 11.9 Å². The molecule has 3 rings (SSSR count). The van der Waals surface area contributed by atoms with Crippen LogP contribution in [-0.2, 0) is 0 Å². The number of fused-ring (bicyclic) bond motifs is 1. The molecule has 0 saturated heterocycles. The molecule has 0 aliphatic heterocycles. The number of nitrogens with one attached hydrogen (secondary N) is 1. The molecule has 102 valence electrons. The Morgan fingerprint density at radius 2 is 1.95 bits per heavy atom. The van der Waals surface area contributed by atoms with Crippen LogP contribution in [0.5, 0.6) is 0 Å². The van der Waals surface area contributed by atoms with E-state index >= 15 is 0 Å². The van der Waals surface area contributed by atoms with Crippen molar-refractivity contribution in [3.8, 4) is 0 Å². The van der Waals surface area contributed by atoms with Crippen LogP contribution < -0.4 is 5.32 Å². The van der Waals surface area contributed by atoms with Gasteiger partial charge in [0, 0.05) is 9.58 Å². The Morgan fingerprint density at radius 3 is 2.70 bits per heavy atom. The number of aryl methyl sites for hydroxylation is 1. The monoisotopic (exact) mass is 285 g/mol. The Balaban J connectivity index is 2.07. The fraction of sp³-hybridized carbons (Fsp3) is 0.176. The molecule has 1 aromatic heterocycles. The van der Waals surface area contributed by atoms with E-state index in [1.165, 1.54) is 22.1 Å². The lowest BCUT2D eigenvalue weighted by molar-refractivity contribution is 0.630. The maximum absolute atomic E-state index is 13.3. The van der Waals surface area contributed by atoms with Crippen LogP contribution in [0.4, 0.5) is 4.39 Å². The van der Waals surface area contributed by atoms with Gasteiger partial charge in [-0.2, -0.15) is 0 Å². The average Bonchev–Trinajstić information content (AvgIpc) is 2.82. The van der Waals surface area contributed by atoms with Crippen molar-refractivity contribution in [2.75, 3.05) is 7.05 Å². The lowest BCUT2D eigenvalue weighted by Gasteiger charge is -2.15. The molecule has 3 aromatic rings. The molecule has 0 saturated carbocycles. The van der Waals surface area contributed by atoms with Crippen molar-refractivity contribution in [3.63, 3.8) is 0 Å². The Bertz CT molecular complexity index is 748. The number of benzene rings is 2. The van der Waals surface area contributed by atoms with Crippen LogP contribution in [0, 0.1) is 12.7 Å². The first-order valence-corrected chi connectivity index (χ1v) is 7.42. The number of thiophene rings is 1. The van der Waals surface area contributed by atoms with Crippen molar-refractivity contribution in [3.05, 3.63) is 70.4 Å². The van der Waals surface area contributed by atoms with Crippen molar-refractivity contribution in [2.45, 2.75) is 13.0 Å². The molecular weight excluding hydrogens is 269 g/mol. The van der Waals surface area contributed by atoms with Gasteiger partial charge in [0.1, 0.15) is 5.82 Å². The van der Waals surface area contributed by atoms with Gasteiger partial charge >= 0.3 is 0 Å². The fourth-order valence-corrected chi connectivity index (χ4v) is 3.72. The summed E-state index contributed by atoms with van der Waals surface area (Å²) in [6.07, 6.45) is 0. The van der Waals surface area contributed by atoms with Crippen molar-refractivity contribution >= 4 is 21.4 Å². The maximum atomic E-state index is 13.3. The molecule has 1 N–H and O–H groups in total. The first-order valence-electron chi connectivity index (χ1n) is 6.60. The molecule has 2 aromatic carbocycles. The standard InChI is InChI=1S/C17H16FNS/c1-11-4-3-5-13(8-11)17(19-2)16-9-12-6-7-14(18)10-15(12)20-16/h3-10,17,19H,1-2H3. The zero-order chi connectivity index (χ0) is 14.1. The number of halogens is 1. The minimum Gasteiger partial charge on any atom is -0.309 e. The van der Waals surface area contributed by atoms with Gasteiger partial charge in [0.25, 0.3) is 0 Å². The van der Waals surface area contributed by atoms with Gasteiger partial charge in [-0.3, -0.25) is 0 Å². The summed E-state index contributed by atoms with van der Waals surface area (Å²) in [5.41, 5.74) is 2.48. The maximum Gasteiger partial charge on any atom is 0.124 e.